The molecule has 0 aliphatic carbocycles. The van der Waals surface area contributed by atoms with Crippen molar-refractivity contribution < 1.29 is 21.6 Å². The third-order valence-electron chi connectivity index (χ3n) is 2.88. The lowest BCUT2D eigenvalue weighted by Gasteiger charge is -2.13. The summed E-state index contributed by atoms with van der Waals surface area (Å²) in [4.78, 5) is -0.0658. The van der Waals surface area contributed by atoms with Crippen molar-refractivity contribution in [2.45, 2.75) is 4.90 Å². The Morgan fingerprint density at radius 3 is 2.25 bits per heavy atom. The number of hydrogen-bond acceptors (Lipinski definition) is 5. The highest BCUT2D eigenvalue weighted by Crippen LogP contribution is 2.30. The molecule has 10 heteroatoms. The molecule has 0 fully saturated rings. The van der Waals surface area contributed by atoms with Gasteiger partial charge in [0.15, 0.2) is 0 Å². The molecular formula is C14H15ClN2O5S2. The number of benzene rings is 2. The molecule has 7 nitrogen and oxygen atoms in total. The minimum Gasteiger partial charge on any atom is -0.494 e. The SMILES string of the molecule is COc1cc(NS(=O)(=O)c2ccccc2Cl)ccc1NS(C)(=O)=O. The van der Waals surface area contributed by atoms with E-state index in [2.05, 4.69) is 9.44 Å². The summed E-state index contributed by atoms with van der Waals surface area (Å²) < 4.78 is 57.1. The average molecular weight is 391 g/mol. The third-order valence-corrected chi connectivity index (χ3v) is 5.35. The number of rotatable bonds is 6. The van der Waals surface area contributed by atoms with Crippen LogP contribution >= 0.6 is 11.6 Å². The fourth-order valence-electron chi connectivity index (χ4n) is 1.91. The van der Waals surface area contributed by atoms with Crippen LogP contribution in [0.3, 0.4) is 0 Å². The number of sulfonamides is 2. The Hall–Kier alpha value is -1.97. The van der Waals surface area contributed by atoms with Gasteiger partial charge in [0.05, 0.1) is 29.8 Å². The van der Waals surface area contributed by atoms with Gasteiger partial charge in [0.2, 0.25) is 10.0 Å². The lowest BCUT2D eigenvalue weighted by atomic mass is 10.2. The van der Waals surface area contributed by atoms with Crippen LogP contribution in [-0.2, 0) is 20.0 Å². The van der Waals surface area contributed by atoms with Gasteiger partial charge in [-0.05, 0) is 24.3 Å². The zero-order chi connectivity index (χ0) is 18.0. The van der Waals surface area contributed by atoms with Crippen LogP contribution in [0.2, 0.25) is 5.02 Å². The van der Waals surface area contributed by atoms with Crippen LogP contribution in [0.4, 0.5) is 11.4 Å². The maximum absolute atomic E-state index is 12.4. The van der Waals surface area contributed by atoms with Gasteiger partial charge in [-0.25, -0.2) is 16.8 Å². The molecule has 0 saturated heterocycles. The van der Waals surface area contributed by atoms with E-state index >= 15 is 0 Å². The number of anilines is 2. The Labute approximate surface area is 145 Å². The lowest BCUT2D eigenvalue weighted by molar-refractivity contribution is 0.417. The minimum absolute atomic E-state index is 0.0658. The highest BCUT2D eigenvalue weighted by molar-refractivity contribution is 7.93. The second-order valence-electron chi connectivity index (χ2n) is 4.83. The molecule has 0 atom stereocenters. The van der Waals surface area contributed by atoms with E-state index in [4.69, 9.17) is 16.3 Å². The van der Waals surface area contributed by atoms with Gasteiger partial charge in [0.25, 0.3) is 10.0 Å². The molecule has 2 rings (SSSR count). The molecule has 0 radical (unpaired) electrons. The van der Waals surface area contributed by atoms with Crippen molar-refractivity contribution >= 4 is 43.0 Å². The number of hydrogen-bond donors (Lipinski definition) is 2. The van der Waals surface area contributed by atoms with Crippen LogP contribution in [0.1, 0.15) is 0 Å². The molecule has 2 aromatic rings. The molecule has 0 heterocycles. The first kappa shape index (κ1) is 18.4. The smallest absolute Gasteiger partial charge is 0.263 e. The predicted molar refractivity (Wildman–Crippen MR) is 93.7 cm³/mol. The summed E-state index contributed by atoms with van der Waals surface area (Å²) >= 11 is 5.91. The van der Waals surface area contributed by atoms with Crippen molar-refractivity contribution in [3.05, 3.63) is 47.5 Å². The lowest BCUT2D eigenvalue weighted by Crippen LogP contribution is -2.14. The summed E-state index contributed by atoms with van der Waals surface area (Å²) in [5, 5.41) is 0.0901. The van der Waals surface area contributed by atoms with E-state index in [1.807, 2.05) is 0 Å². The molecule has 0 aliphatic heterocycles. The van der Waals surface area contributed by atoms with E-state index < -0.39 is 20.0 Å². The van der Waals surface area contributed by atoms with E-state index in [9.17, 15) is 16.8 Å². The Bertz CT molecular complexity index is 959. The maximum atomic E-state index is 12.4. The Kier molecular flexibility index (Phi) is 5.26. The molecule has 2 aromatic carbocycles. The van der Waals surface area contributed by atoms with Crippen LogP contribution in [-0.4, -0.2) is 30.2 Å². The van der Waals surface area contributed by atoms with Crippen LogP contribution < -0.4 is 14.2 Å². The third kappa shape index (κ3) is 4.53. The molecule has 0 saturated carbocycles. The van der Waals surface area contributed by atoms with Crippen molar-refractivity contribution in [3.63, 3.8) is 0 Å². The van der Waals surface area contributed by atoms with E-state index in [-0.39, 0.29) is 27.0 Å². The van der Waals surface area contributed by atoms with Crippen LogP contribution in [0.5, 0.6) is 5.75 Å². The van der Waals surface area contributed by atoms with Crippen molar-refractivity contribution in [2.24, 2.45) is 0 Å². The normalized spacial score (nSPS) is 11.8. The Morgan fingerprint density at radius 1 is 1.00 bits per heavy atom. The second kappa shape index (κ2) is 6.88. The molecule has 0 amide bonds. The molecule has 2 N–H and O–H groups in total. The fraction of sp³-hybridized carbons (Fsp3) is 0.143. The van der Waals surface area contributed by atoms with Gasteiger partial charge >= 0.3 is 0 Å². The average Bonchev–Trinajstić information content (AvgIpc) is 2.47. The van der Waals surface area contributed by atoms with E-state index in [0.717, 1.165) is 6.26 Å². The number of ether oxygens (including phenoxy) is 1. The van der Waals surface area contributed by atoms with Gasteiger partial charge in [0, 0.05) is 6.07 Å². The van der Waals surface area contributed by atoms with Gasteiger partial charge in [-0.3, -0.25) is 9.44 Å². The van der Waals surface area contributed by atoms with E-state index in [1.54, 1.807) is 12.1 Å². The standard InChI is InChI=1S/C14H15ClN2O5S2/c1-22-13-9-10(7-8-12(13)17-23(2,18)19)16-24(20,21)14-6-4-3-5-11(14)15/h3-9,16-17H,1-2H3. The van der Waals surface area contributed by atoms with E-state index in [1.165, 1.54) is 37.4 Å². The van der Waals surface area contributed by atoms with Gasteiger partial charge in [0.1, 0.15) is 10.6 Å². The Morgan fingerprint density at radius 2 is 1.67 bits per heavy atom. The molecule has 0 bridgehead atoms. The van der Waals surface area contributed by atoms with Gasteiger partial charge in [-0.2, -0.15) is 0 Å². The van der Waals surface area contributed by atoms with Crippen LogP contribution in [0, 0.1) is 0 Å². The molecule has 0 aliphatic rings. The number of methoxy groups -OCH3 is 1. The second-order valence-corrected chi connectivity index (χ2v) is 8.63. The number of nitrogens with one attached hydrogen (secondary N) is 2. The zero-order valence-electron chi connectivity index (χ0n) is 12.8. The fourth-order valence-corrected chi connectivity index (χ4v) is 4.05. The summed E-state index contributed by atoms with van der Waals surface area (Å²) in [7, 11) is -6.04. The van der Waals surface area contributed by atoms with Gasteiger partial charge in [-0.1, -0.05) is 23.7 Å². The summed E-state index contributed by atoms with van der Waals surface area (Å²) in [6.45, 7) is 0. The molecular weight excluding hydrogens is 376 g/mol. The maximum Gasteiger partial charge on any atom is 0.263 e. The monoisotopic (exact) mass is 390 g/mol. The Balaban J connectivity index is 2.35. The van der Waals surface area contributed by atoms with Crippen molar-refractivity contribution in [2.75, 3.05) is 22.8 Å². The summed E-state index contributed by atoms with van der Waals surface area (Å²) in [6, 6.07) is 10.2. The molecule has 0 aromatic heterocycles. The van der Waals surface area contributed by atoms with Gasteiger partial charge < -0.3 is 4.74 Å². The highest BCUT2D eigenvalue weighted by atomic mass is 35.5. The molecule has 130 valence electrons. The van der Waals surface area contributed by atoms with Crippen molar-refractivity contribution in [1.82, 2.24) is 0 Å². The molecule has 0 spiro atoms. The van der Waals surface area contributed by atoms with Gasteiger partial charge in [-0.15, -0.1) is 0 Å². The minimum atomic E-state index is -3.89. The topological polar surface area (TPSA) is 102 Å². The van der Waals surface area contributed by atoms with E-state index in [0.29, 0.717) is 0 Å². The van der Waals surface area contributed by atoms with Crippen molar-refractivity contribution in [3.8, 4) is 5.75 Å². The first-order chi connectivity index (χ1) is 11.1. The quantitative estimate of drug-likeness (QED) is 0.789. The highest BCUT2D eigenvalue weighted by Gasteiger charge is 2.18. The largest absolute Gasteiger partial charge is 0.494 e. The molecule has 24 heavy (non-hydrogen) atoms. The first-order valence-electron chi connectivity index (χ1n) is 6.55. The first-order valence-corrected chi connectivity index (χ1v) is 10.3. The summed E-state index contributed by atoms with van der Waals surface area (Å²) in [5.74, 6) is 0.166. The number of halogens is 1. The predicted octanol–water partition coefficient (Wildman–Crippen LogP) is 2.52. The van der Waals surface area contributed by atoms with Crippen LogP contribution in [0.15, 0.2) is 47.4 Å². The summed E-state index contributed by atoms with van der Waals surface area (Å²) in [5.41, 5.74) is 0.395. The van der Waals surface area contributed by atoms with Crippen molar-refractivity contribution in [1.29, 1.82) is 0 Å². The molecule has 0 unspecified atom stereocenters. The summed E-state index contributed by atoms with van der Waals surface area (Å²) in [6.07, 6.45) is 1.00. The zero-order valence-corrected chi connectivity index (χ0v) is 15.2. The van der Waals surface area contributed by atoms with Crippen LogP contribution in [0.25, 0.3) is 0 Å².